The minimum atomic E-state index is 0.395. The van der Waals surface area contributed by atoms with Crippen LogP contribution in [0.4, 0.5) is 0 Å². The van der Waals surface area contributed by atoms with E-state index in [1.165, 1.54) is 11.3 Å². The molecule has 0 saturated heterocycles. The summed E-state index contributed by atoms with van der Waals surface area (Å²) < 4.78 is 3.94. The van der Waals surface area contributed by atoms with Gasteiger partial charge in [-0.25, -0.2) is 0 Å². The molecular formula is C15H25N5. The average molecular weight is 275 g/mol. The van der Waals surface area contributed by atoms with Gasteiger partial charge in [-0.15, -0.1) is 0 Å². The molecule has 0 aliphatic rings. The SMILES string of the molecule is CCNC(CC)c1cnn(Cc2cc(CC)nn2C)c1. The van der Waals surface area contributed by atoms with Crippen molar-refractivity contribution in [2.45, 2.75) is 46.2 Å². The maximum absolute atomic E-state index is 4.48. The number of nitrogens with zero attached hydrogens (tertiary/aromatic N) is 4. The molecule has 0 aromatic carbocycles. The summed E-state index contributed by atoms with van der Waals surface area (Å²) in [5, 5.41) is 12.4. The Kier molecular flexibility index (Phi) is 4.95. The van der Waals surface area contributed by atoms with E-state index in [2.05, 4.69) is 48.5 Å². The highest BCUT2D eigenvalue weighted by Gasteiger charge is 2.11. The molecule has 0 aliphatic carbocycles. The van der Waals surface area contributed by atoms with Crippen LogP contribution in [0.5, 0.6) is 0 Å². The van der Waals surface area contributed by atoms with Crippen LogP contribution < -0.4 is 5.32 Å². The molecule has 0 radical (unpaired) electrons. The van der Waals surface area contributed by atoms with Crippen LogP contribution in [-0.2, 0) is 20.0 Å². The number of hydrogen-bond acceptors (Lipinski definition) is 3. The van der Waals surface area contributed by atoms with E-state index in [0.29, 0.717) is 6.04 Å². The van der Waals surface area contributed by atoms with Crippen molar-refractivity contribution in [2.75, 3.05) is 6.54 Å². The Labute approximate surface area is 121 Å². The summed E-state index contributed by atoms with van der Waals surface area (Å²) in [5.74, 6) is 0. The molecule has 0 fully saturated rings. The van der Waals surface area contributed by atoms with Gasteiger partial charge in [0, 0.05) is 24.8 Å². The predicted octanol–water partition coefficient (Wildman–Crippen LogP) is 2.29. The Hall–Kier alpha value is -1.62. The Morgan fingerprint density at radius 2 is 2.10 bits per heavy atom. The van der Waals surface area contributed by atoms with E-state index in [0.717, 1.165) is 31.6 Å². The van der Waals surface area contributed by atoms with E-state index in [4.69, 9.17) is 0 Å². The van der Waals surface area contributed by atoms with E-state index < -0.39 is 0 Å². The monoisotopic (exact) mass is 275 g/mol. The molecule has 0 saturated carbocycles. The first kappa shape index (κ1) is 14.8. The number of aromatic nitrogens is 4. The summed E-state index contributed by atoms with van der Waals surface area (Å²) in [7, 11) is 1.99. The fourth-order valence-electron chi connectivity index (χ4n) is 2.45. The van der Waals surface area contributed by atoms with Crippen LogP contribution in [0.25, 0.3) is 0 Å². The molecule has 2 aromatic rings. The fourth-order valence-corrected chi connectivity index (χ4v) is 2.45. The second kappa shape index (κ2) is 6.70. The lowest BCUT2D eigenvalue weighted by Crippen LogP contribution is -2.19. The van der Waals surface area contributed by atoms with E-state index in [1.807, 2.05) is 22.6 Å². The van der Waals surface area contributed by atoms with Gasteiger partial charge in [0.25, 0.3) is 0 Å². The van der Waals surface area contributed by atoms with Gasteiger partial charge < -0.3 is 5.32 Å². The molecule has 2 aromatic heterocycles. The summed E-state index contributed by atoms with van der Waals surface area (Å²) >= 11 is 0. The quantitative estimate of drug-likeness (QED) is 0.843. The van der Waals surface area contributed by atoms with Gasteiger partial charge >= 0.3 is 0 Å². The normalized spacial score (nSPS) is 12.8. The van der Waals surface area contributed by atoms with Crippen LogP contribution in [0, 0.1) is 0 Å². The third kappa shape index (κ3) is 3.28. The standard InChI is InChI=1S/C15H25N5/c1-5-13-8-14(19(4)18-13)11-20-10-12(9-17-20)15(6-2)16-7-3/h8-10,15-16H,5-7,11H2,1-4H3. The van der Waals surface area contributed by atoms with Crippen LogP contribution in [0.2, 0.25) is 0 Å². The molecule has 110 valence electrons. The van der Waals surface area contributed by atoms with Gasteiger partial charge in [0.1, 0.15) is 0 Å². The zero-order valence-electron chi connectivity index (χ0n) is 12.9. The third-order valence-electron chi connectivity index (χ3n) is 3.63. The summed E-state index contributed by atoms with van der Waals surface area (Å²) in [6.07, 6.45) is 6.14. The topological polar surface area (TPSA) is 47.7 Å². The molecule has 0 spiro atoms. The lowest BCUT2D eigenvalue weighted by Gasteiger charge is -2.13. The van der Waals surface area contributed by atoms with Crippen molar-refractivity contribution >= 4 is 0 Å². The van der Waals surface area contributed by atoms with E-state index in [9.17, 15) is 0 Å². The van der Waals surface area contributed by atoms with Crippen LogP contribution >= 0.6 is 0 Å². The number of aryl methyl sites for hydroxylation is 2. The van der Waals surface area contributed by atoms with Crippen molar-refractivity contribution in [3.63, 3.8) is 0 Å². The second-order valence-electron chi connectivity index (χ2n) is 5.09. The molecular weight excluding hydrogens is 250 g/mol. The Morgan fingerprint density at radius 3 is 2.70 bits per heavy atom. The van der Waals surface area contributed by atoms with Gasteiger partial charge in [-0.2, -0.15) is 10.2 Å². The lowest BCUT2D eigenvalue weighted by molar-refractivity contribution is 0.536. The summed E-state index contributed by atoms with van der Waals surface area (Å²) in [4.78, 5) is 0. The molecule has 5 heteroatoms. The predicted molar refractivity (Wildman–Crippen MR) is 80.6 cm³/mol. The maximum Gasteiger partial charge on any atom is 0.0828 e. The van der Waals surface area contributed by atoms with Crippen molar-refractivity contribution in [1.82, 2.24) is 24.9 Å². The molecule has 5 nitrogen and oxygen atoms in total. The van der Waals surface area contributed by atoms with Gasteiger partial charge in [0.05, 0.1) is 24.1 Å². The molecule has 2 rings (SSSR count). The first-order valence-electron chi connectivity index (χ1n) is 7.45. The van der Waals surface area contributed by atoms with E-state index >= 15 is 0 Å². The van der Waals surface area contributed by atoms with Gasteiger partial charge in [-0.05, 0) is 25.5 Å². The van der Waals surface area contributed by atoms with Gasteiger partial charge in [-0.3, -0.25) is 9.36 Å². The minimum Gasteiger partial charge on any atom is -0.310 e. The van der Waals surface area contributed by atoms with Crippen molar-refractivity contribution < 1.29 is 0 Å². The summed E-state index contributed by atoms with van der Waals surface area (Å²) in [6, 6.07) is 2.55. The summed E-state index contributed by atoms with van der Waals surface area (Å²) in [6.45, 7) is 8.20. The van der Waals surface area contributed by atoms with Crippen molar-refractivity contribution in [2.24, 2.45) is 7.05 Å². The first-order valence-corrected chi connectivity index (χ1v) is 7.45. The molecule has 0 bridgehead atoms. The van der Waals surface area contributed by atoms with Gasteiger partial charge in [-0.1, -0.05) is 20.8 Å². The fraction of sp³-hybridized carbons (Fsp3) is 0.600. The third-order valence-corrected chi connectivity index (χ3v) is 3.63. The molecule has 1 atom stereocenters. The molecule has 1 N–H and O–H groups in total. The van der Waals surface area contributed by atoms with E-state index in [-0.39, 0.29) is 0 Å². The van der Waals surface area contributed by atoms with Gasteiger partial charge in [0.2, 0.25) is 0 Å². The number of nitrogens with one attached hydrogen (secondary N) is 1. The lowest BCUT2D eigenvalue weighted by atomic mass is 10.1. The molecule has 20 heavy (non-hydrogen) atoms. The van der Waals surface area contributed by atoms with Crippen LogP contribution in [0.15, 0.2) is 18.5 Å². The number of hydrogen-bond donors (Lipinski definition) is 1. The Morgan fingerprint density at radius 1 is 1.30 bits per heavy atom. The molecule has 2 heterocycles. The van der Waals surface area contributed by atoms with Crippen LogP contribution in [0.3, 0.4) is 0 Å². The smallest absolute Gasteiger partial charge is 0.0828 e. The van der Waals surface area contributed by atoms with Gasteiger partial charge in [0.15, 0.2) is 0 Å². The minimum absolute atomic E-state index is 0.395. The maximum atomic E-state index is 4.48. The molecule has 0 amide bonds. The Bertz CT molecular complexity index is 540. The highest BCUT2D eigenvalue weighted by molar-refractivity contribution is 5.13. The zero-order chi connectivity index (χ0) is 14.5. The Balaban J connectivity index is 2.10. The zero-order valence-corrected chi connectivity index (χ0v) is 12.9. The summed E-state index contributed by atoms with van der Waals surface area (Å²) in [5.41, 5.74) is 3.58. The van der Waals surface area contributed by atoms with E-state index in [1.54, 1.807) is 0 Å². The average Bonchev–Trinajstić information content (AvgIpc) is 3.04. The van der Waals surface area contributed by atoms with Crippen LogP contribution in [0.1, 0.15) is 50.2 Å². The molecule has 1 unspecified atom stereocenters. The van der Waals surface area contributed by atoms with Crippen molar-refractivity contribution in [3.05, 3.63) is 35.4 Å². The number of rotatable bonds is 7. The van der Waals surface area contributed by atoms with Crippen molar-refractivity contribution in [1.29, 1.82) is 0 Å². The first-order chi connectivity index (χ1) is 9.67. The second-order valence-corrected chi connectivity index (χ2v) is 5.09. The largest absolute Gasteiger partial charge is 0.310 e. The van der Waals surface area contributed by atoms with Crippen molar-refractivity contribution in [3.8, 4) is 0 Å². The molecule has 0 aliphatic heterocycles. The highest BCUT2D eigenvalue weighted by atomic mass is 15.3. The van der Waals surface area contributed by atoms with Crippen LogP contribution in [-0.4, -0.2) is 26.1 Å². The highest BCUT2D eigenvalue weighted by Crippen LogP contribution is 2.16.